The van der Waals surface area contributed by atoms with E-state index >= 15 is 0 Å². The van der Waals surface area contributed by atoms with E-state index in [1.807, 2.05) is 29.2 Å². The zero-order valence-corrected chi connectivity index (χ0v) is 13.0. The molecule has 2 fully saturated rings. The van der Waals surface area contributed by atoms with Crippen LogP contribution in [0, 0.1) is 11.8 Å². The Morgan fingerprint density at radius 3 is 2.73 bits per heavy atom. The van der Waals surface area contributed by atoms with Crippen molar-refractivity contribution in [1.29, 1.82) is 0 Å². The Bertz CT molecular complexity index is 586. The van der Waals surface area contributed by atoms with Gasteiger partial charge >= 0.3 is 5.97 Å². The summed E-state index contributed by atoms with van der Waals surface area (Å²) in [5, 5.41) is 0. The quantitative estimate of drug-likeness (QED) is 0.796. The molecule has 1 saturated carbocycles. The monoisotopic (exact) mass is 303 g/mol. The Morgan fingerprint density at radius 1 is 1.23 bits per heavy atom. The van der Waals surface area contributed by atoms with Crippen LogP contribution in [0.25, 0.3) is 0 Å². The maximum absolute atomic E-state index is 12.6. The second-order valence-corrected chi connectivity index (χ2v) is 5.98. The molecule has 1 aliphatic carbocycles. The highest BCUT2D eigenvalue weighted by Gasteiger charge is 2.48. The number of para-hydroxylation sites is 1. The molecule has 0 spiro atoms. The van der Waals surface area contributed by atoms with Crippen LogP contribution in [0.1, 0.15) is 24.3 Å². The number of benzene rings is 1. The number of methoxy groups -OCH3 is 2. The Morgan fingerprint density at radius 2 is 2.00 bits per heavy atom. The normalized spacial score (nSPS) is 26.6. The van der Waals surface area contributed by atoms with E-state index < -0.39 is 0 Å². The van der Waals surface area contributed by atoms with Gasteiger partial charge in [0.1, 0.15) is 5.75 Å². The van der Waals surface area contributed by atoms with Gasteiger partial charge in [-0.15, -0.1) is 0 Å². The third-order valence-corrected chi connectivity index (χ3v) is 4.68. The average Bonchev–Trinajstić information content (AvgIpc) is 3.20. The zero-order chi connectivity index (χ0) is 15.7. The number of ether oxygens (including phenoxy) is 2. The summed E-state index contributed by atoms with van der Waals surface area (Å²) in [5.41, 5.74) is 1.10. The molecule has 118 valence electrons. The molecule has 0 radical (unpaired) electrons. The van der Waals surface area contributed by atoms with E-state index in [1.165, 1.54) is 7.11 Å². The fourth-order valence-electron chi connectivity index (χ4n) is 3.34. The van der Waals surface area contributed by atoms with E-state index in [4.69, 9.17) is 9.47 Å². The van der Waals surface area contributed by atoms with Gasteiger partial charge in [-0.25, -0.2) is 0 Å². The topological polar surface area (TPSA) is 55.8 Å². The highest BCUT2D eigenvalue weighted by Crippen LogP contribution is 2.51. The van der Waals surface area contributed by atoms with E-state index in [9.17, 15) is 9.59 Å². The second kappa shape index (κ2) is 5.99. The average molecular weight is 303 g/mol. The van der Waals surface area contributed by atoms with E-state index in [1.54, 1.807) is 7.11 Å². The van der Waals surface area contributed by atoms with Crippen molar-refractivity contribution in [3.63, 3.8) is 0 Å². The van der Waals surface area contributed by atoms with Crippen LogP contribution in [0.2, 0.25) is 0 Å². The van der Waals surface area contributed by atoms with Crippen LogP contribution < -0.4 is 4.74 Å². The summed E-state index contributed by atoms with van der Waals surface area (Å²) in [6, 6.07) is 7.86. The van der Waals surface area contributed by atoms with Crippen LogP contribution in [-0.2, 0) is 14.3 Å². The molecule has 1 saturated heterocycles. The van der Waals surface area contributed by atoms with Crippen LogP contribution in [-0.4, -0.2) is 44.1 Å². The van der Waals surface area contributed by atoms with Crippen LogP contribution in [0.5, 0.6) is 5.75 Å². The molecule has 3 atom stereocenters. The molecular formula is C17H21NO4. The SMILES string of the molecule is COC(=O)[C@@H]1CCN(C(=O)[C@@H]2C[C@H]2c2ccccc2OC)C1. The molecule has 1 heterocycles. The summed E-state index contributed by atoms with van der Waals surface area (Å²) in [5.74, 6) is 0.872. The Hall–Kier alpha value is -2.04. The van der Waals surface area contributed by atoms with Crippen molar-refractivity contribution in [2.45, 2.75) is 18.8 Å². The van der Waals surface area contributed by atoms with Crippen LogP contribution in [0.3, 0.4) is 0 Å². The molecule has 5 heteroatoms. The lowest BCUT2D eigenvalue weighted by atomic mass is 10.1. The van der Waals surface area contributed by atoms with Gasteiger partial charge in [0.2, 0.25) is 5.91 Å². The van der Waals surface area contributed by atoms with Gasteiger partial charge in [0.05, 0.1) is 20.1 Å². The molecule has 3 rings (SSSR count). The number of hydrogen-bond donors (Lipinski definition) is 0. The fraction of sp³-hybridized carbons (Fsp3) is 0.529. The molecule has 1 amide bonds. The summed E-state index contributed by atoms with van der Waals surface area (Å²) in [7, 11) is 3.05. The van der Waals surface area contributed by atoms with Crippen molar-refractivity contribution >= 4 is 11.9 Å². The standard InChI is InChI=1S/C17H21NO4/c1-21-15-6-4-3-5-12(15)13-9-14(13)16(19)18-8-7-11(10-18)17(20)22-2/h3-6,11,13-14H,7-10H2,1-2H3/t11-,13+,14-/m1/s1. The minimum absolute atomic E-state index is 0.0210. The Kier molecular flexibility index (Phi) is 4.05. The first-order valence-corrected chi connectivity index (χ1v) is 7.65. The van der Waals surface area contributed by atoms with Gasteiger partial charge in [0, 0.05) is 19.0 Å². The van der Waals surface area contributed by atoms with E-state index in [0.717, 1.165) is 17.7 Å². The van der Waals surface area contributed by atoms with Crippen molar-refractivity contribution in [1.82, 2.24) is 4.90 Å². The van der Waals surface area contributed by atoms with Crippen molar-refractivity contribution in [2.75, 3.05) is 27.3 Å². The molecule has 22 heavy (non-hydrogen) atoms. The zero-order valence-electron chi connectivity index (χ0n) is 13.0. The number of likely N-dealkylation sites (tertiary alicyclic amines) is 1. The maximum Gasteiger partial charge on any atom is 0.310 e. The predicted octanol–water partition coefficient (Wildman–Crippen LogP) is 1.82. The number of rotatable bonds is 4. The lowest BCUT2D eigenvalue weighted by Gasteiger charge is -2.16. The van der Waals surface area contributed by atoms with Crippen LogP contribution in [0.15, 0.2) is 24.3 Å². The van der Waals surface area contributed by atoms with E-state index in [0.29, 0.717) is 19.5 Å². The molecule has 0 unspecified atom stereocenters. The van der Waals surface area contributed by atoms with Crippen molar-refractivity contribution in [3.8, 4) is 5.75 Å². The van der Waals surface area contributed by atoms with Gasteiger partial charge in [-0.2, -0.15) is 0 Å². The summed E-state index contributed by atoms with van der Waals surface area (Å²) in [6.07, 6.45) is 1.56. The summed E-state index contributed by atoms with van der Waals surface area (Å²) < 4.78 is 10.1. The molecule has 2 aliphatic rings. The summed E-state index contributed by atoms with van der Waals surface area (Å²) in [6.45, 7) is 1.13. The van der Waals surface area contributed by atoms with Crippen molar-refractivity contribution in [3.05, 3.63) is 29.8 Å². The molecule has 0 bridgehead atoms. The molecule has 0 N–H and O–H groups in total. The lowest BCUT2D eigenvalue weighted by molar-refractivity contribution is -0.145. The van der Waals surface area contributed by atoms with Crippen molar-refractivity contribution < 1.29 is 19.1 Å². The van der Waals surface area contributed by atoms with Gasteiger partial charge < -0.3 is 14.4 Å². The van der Waals surface area contributed by atoms with Gasteiger partial charge in [0.15, 0.2) is 0 Å². The minimum atomic E-state index is -0.215. The maximum atomic E-state index is 12.6. The first-order valence-electron chi connectivity index (χ1n) is 7.65. The minimum Gasteiger partial charge on any atom is -0.496 e. The molecule has 5 nitrogen and oxygen atoms in total. The first-order chi connectivity index (χ1) is 10.7. The summed E-state index contributed by atoms with van der Waals surface area (Å²) in [4.78, 5) is 25.9. The van der Waals surface area contributed by atoms with Crippen LogP contribution >= 0.6 is 0 Å². The highest BCUT2D eigenvalue weighted by molar-refractivity contribution is 5.84. The third kappa shape index (κ3) is 2.67. The van der Waals surface area contributed by atoms with Gasteiger partial charge in [0.25, 0.3) is 0 Å². The lowest BCUT2D eigenvalue weighted by Crippen LogP contribution is -2.31. The number of carbonyl (C=O) groups excluding carboxylic acids is 2. The fourth-order valence-corrected chi connectivity index (χ4v) is 3.34. The molecule has 1 aromatic rings. The Balaban J connectivity index is 1.63. The second-order valence-electron chi connectivity index (χ2n) is 5.98. The molecule has 1 aliphatic heterocycles. The van der Waals surface area contributed by atoms with E-state index in [-0.39, 0.29) is 29.6 Å². The number of nitrogens with zero attached hydrogens (tertiary/aromatic N) is 1. The summed E-state index contributed by atoms with van der Waals surface area (Å²) >= 11 is 0. The van der Waals surface area contributed by atoms with Crippen LogP contribution in [0.4, 0.5) is 0 Å². The number of amides is 1. The number of esters is 1. The van der Waals surface area contributed by atoms with E-state index in [2.05, 4.69) is 0 Å². The van der Waals surface area contributed by atoms with Gasteiger partial charge in [-0.05, 0) is 30.4 Å². The van der Waals surface area contributed by atoms with Gasteiger partial charge in [-0.1, -0.05) is 18.2 Å². The smallest absolute Gasteiger partial charge is 0.310 e. The predicted molar refractivity (Wildman–Crippen MR) is 80.5 cm³/mol. The number of hydrogen-bond acceptors (Lipinski definition) is 4. The largest absolute Gasteiger partial charge is 0.496 e. The first kappa shape index (κ1) is 14.9. The van der Waals surface area contributed by atoms with Crippen molar-refractivity contribution in [2.24, 2.45) is 11.8 Å². The van der Waals surface area contributed by atoms with Gasteiger partial charge in [-0.3, -0.25) is 9.59 Å². The molecule has 0 aromatic heterocycles. The molecule has 1 aromatic carbocycles. The third-order valence-electron chi connectivity index (χ3n) is 4.68. The highest BCUT2D eigenvalue weighted by atomic mass is 16.5. The Labute approximate surface area is 130 Å². The number of carbonyl (C=O) groups is 2. The molecular weight excluding hydrogens is 282 g/mol.